The number of halogens is 3. The van der Waals surface area contributed by atoms with Gasteiger partial charge in [0.25, 0.3) is 5.91 Å². The number of amides is 2. The van der Waals surface area contributed by atoms with Gasteiger partial charge in [-0.2, -0.15) is 5.10 Å². The molecule has 0 saturated carbocycles. The Morgan fingerprint density at radius 1 is 0.975 bits per heavy atom. The number of hydrogen-bond acceptors (Lipinski definition) is 9. The number of anilines is 2. The maximum atomic E-state index is 12.5. The van der Waals surface area contributed by atoms with Gasteiger partial charge in [-0.05, 0) is 55.7 Å². The van der Waals surface area contributed by atoms with Crippen molar-refractivity contribution in [1.29, 1.82) is 0 Å². The molecule has 2 aromatic heterocycles. The molecule has 4 rings (SSSR count). The molecular weight excluding hydrogens is 531 g/mol. The lowest BCUT2D eigenvalue weighted by Gasteiger charge is -2.35. The van der Waals surface area contributed by atoms with Crippen LogP contribution < -0.4 is 20.3 Å². The number of alkyl halides is 3. The summed E-state index contributed by atoms with van der Waals surface area (Å²) in [6, 6.07) is 9.31. The largest absolute Gasteiger partial charge is 0.573 e. The highest BCUT2D eigenvalue weighted by atomic mass is 19.4. The molecule has 40 heavy (non-hydrogen) atoms. The molecule has 0 atom stereocenters. The molecule has 1 aromatic carbocycles. The van der Waals surface area contributed by atoms with Crippen molar-refractivity contribution in [2.24, 2.45) is 0 Å². The lowest BCUT2D eigenvalue weighted by atomic mass is 10.2. The van der Waals surface area contributed by atoms with Crippen LogP contribution in [0, 0.1) is 0 Å². The molecule has 12 nitrogen and oxygen atoms in total. The Hall–Kier alpha value is -4.27. The maximum Gasteiger partial charge on any atom is 0.573 e. The molecule has 3 aromatic rings. The monoisotopic (exact) mass is 561 g/mol. The molecule has 1 aliphatic rings. The van der Waals surface area contributed by atoms with Crippen LogP contribution in [-0.4, -0.2) is 88.0 Å². The zero-order valence-corrected chi connectivity index (χ0v) is 21.9. The predicted molar refractivity (Wildman–Crippen MR) is 139 cm³/mol. The molecule has 2 amide bonds. The second-order valence-corrected chi connectivity index (χ2v) is 9.17. The van der Waals surface area contributed by atoms with E-state index in [0.29, 0.717) is 45.0 Å². The minimum absolute atomic E-state index is 0.194. The second kappa shape index (κ2) is 13.2. The molecule has 0 bridgehead atoms. The van der Waals surface area contributed by atoms with Crippen LogP contribution in [0.15, 0.2) is 42.6 Å². The van der Waals surface area contributed by atoms with Gasteiger partial charge in [0.15, 0.2) is 11.5 Å². The molecule has 214 valence electrons. The number of piperazine rings is 1. The van der Waals surface area contributed by atoms with Gasteiger partial charge >= 0.3 is 6.36 Å². The normalized spacial score (nSPS) is 14.2. The van der Waals surface area contributed by atoms with E-state index in [9.17, 15) is 22.8 Å². The van der Waals surface area contributed by atoms with Crippen LogP contribution in [0.2, 0.25) is 0 Å². The highest BCUT2D eigenvalue weighted by Gasteiger charge is 2.31. The van der Waals surface area contributed by atoms with Gasteiger partial charge in [-0.1, -0.05) is 5.21 Å². The van der Waals surface area contributed by atoms with Crippen molar-refractivity contribution < 1.29 is 27.5 Å². The van der Waals surface area contributed by atoms with Crippen molar-refractivity contribution in [3.63, 3.8) is 0 Å². The van der Waals surface area contributed by atoms with Crippen molar-refractivity contribution in [3.8, 4) is 5.75 Å². The van der Waals surface area contributed by atoms with Gasteiger partial charge < -0.3 is 20.3 Å². The standard InChI is InChI=1S/C25H30F3N9O3/c1-29-24(39)21-16-37(34-32-21)11-3-2-4-18-5-10-22(33-31-18)30-23(38)17-35-12-14-36(15-13-35)19-6-8-20(9-7-19)40-25(26,27)28/h5-10,16H,2-4,11-15,17H2,1H3,(H,29,39)(H,30,33,38). The summed E-state index contributed by atoms with van der Waals surface area (Å²) >= 11 is 0. The van der Waals surface area contributed by atoms with Gasteiger partial charge in [-0.3, -0.25) is 19.2 Å². The molecule has 0 spiro atoms. The number of rotatable bonds is 11. The predicted octanol–water partition coefficient (Wildman–Crippen LogP) is 2.11. The van der Waals surface area contributed by atoms with E-state index in [4.69, 9.17) is 0 Å². The summed E-state index contributed by atoms with van der Waals surface area (Å²) < 4.78 is 42.6. The van der Waals surface area contributed by atoms with Crippen molar-refractivity contribution in [2.45, 2.75) is 32.2 Å². The van der Waals surface area contributed by atoms with Gasteiger partial charge in [0.2, 0.25) is 5.91 Å². The first-order chi connectivity index (χ1) is 19.2. The summed E-state index contributed by atoms with van der Waals surface area (Å²) in [7, 11) is 1.54. The molecule has 2 N–H and O–H groups in total. The van der Waals surface area contributed by atoms with Crippen LogP contribution in [0.3, 0.4) is 0 Å². The quantitative estimate of drug-likeness (QED) is 0.338. The smallest absolute Gasteiger partial charge is 0.406 e. The molecule has 0 aliphatic carbocycles. The Bertz CT molecular complexity index is 1260. The fraction of sp³-hybridized carbons (Fsp3) is 0.440. The van der Waals surface area contributed by atoms with Crippen LogP contribution >= 0.6 is 0 Å². The lowest BCUT2D eigenvalue weighted by Crippen LogP contribution is -2.48. The SMILES string of the molecule is CNC(=O)c1cn(CCCCc2ccc(NC(=O)CN3CCN(c4ccc(OC(F)(F)F)cc4)CC3)nn2)nn1. The van der Waals surface area contributed by atoms with Crippen molar-refractivity contribution in [2.75, 3.05) is 50.0 Å². The van der Waals surface area contributed by atoms with Crippen molar-refractivity contribution >= 4 is 23.3 Å². The fourth-order valence-electron chi connectivity index (χ4n) is 4.19. The van der Waals surface area contributed by atoms with E-state index in [1.54, 1.807) is 29.1 Å². The highest BCUT2D eigenvalue weighted by molar-refractivity contribution is 5.91. The Balaban J connectivity index is 1.13. The molecular formula is C25H30F3N9O3. The molecule has 1 aliphatic heterocycles. The molecule has 3 heterocycles. The van der Waals surface area contributed by atoms with E-state index in [0.717, 1.165) is 24.2 Å². The van der Waals surface area contributed by atoms with Crippen LogP contribution in [0.4, 0.5) is 24.7 Å². The Morgan fingerprint density at radius 2 is 1.73 bits per heavy atom. The summed E-state index contributed by atoms with van der Waals surface area (Å²) in [6.07, 6.45) is -0.743. The summed E-state index contributed by atoms with van der Waals surface area (Å²) in [5, 5.41) is 21.3. The third-order valence-electron chi connectivity index (χ3n) is 6.23. The zero-order valence-electron chi connectivity index (χ0n) is 21.9. The van der Waals surface area contributed by atoms with Gasteiger partial charge in [0.05, 0.1) is 18.4 Å². The number of hydrogen-bond donors (Lipinski definition) is 2. The van der Waals surface area contributed by atoms with Gasteiger partial charge in [0.1, 0.15) is 5.75 Å². The summed E-state index contributed by atoms with van der Waals surface area (Å²) in [4.78, 5) is 28.1. The van der Waals surface area contributed by atoms with Crippen molar-refractivity contribution in [3.05, 3.63) is 54.0 Å². The number of benzene rings is 1. The first-order valence-electron chi connectivity index (χ1n) is 12.8. The number of nitrogens with one attached hydrogen (secondary N) is 2. The van der Waals surface area contributed by atoms with Gasteiger partial charge in [0, 0.05) is 45.5 Å². The number of carbonyl (C=O) groups excluding carboxylic acids is 2. The number of aryl methyl sites for hydroxylation is 2. The molecule has 1 fully saturated rings. The van der Waals surface area contributed by atoms with Crippen LogP contribution in [0.25, 0.3) is 0 Å². The minimum Gasteiger partial charge on any atom is -0.406 e. The summed E-state index contributed by atoms with van der Waals surface area (Å²) in [5.41, 5.74) is 1.87. The Labute approximate surface area is 228 Å². The lowest BCUT2D eigenvalue weighted by molar-refractivity contribution is -0.274. The Kier molecular flexibility index (Phi) is 9.47. The van der Waals surface area contributed by atoms with Crippen LogP contribution in [0.5, 0.6) is 5.75 Å². The number of carbonyl (C=O) groups is 2. The maximum absolute atomic E-state index is 12.5. The zero-order chi connectivity index (χ0) is 28.5. The topological polar surface area (TPSA) is 130 Å². The summed E-state index contributed by atoms with van der Waals surface area (Å²) in [5.74, 6) is -0.364. The van der Waals surface area contributed by atoms with Gasteiger partial charge in [-0.15, -0.1) is 23.4 Å². The van der Waals surface area contributed by atoms with E-state index in [1.807, 2.05) is 15.9 Å². The molecule has 0 unspecified atom stereocenters. The number of unbranched alkanes of at least 4 members (excludes halogenated alkanes) is 1. The third-order valence-corrected chi connectivity index (χ3v) is 6.23. The van der Waals surface area contributed by atoms with E-state index in [1.165, 1.54) is 19.2 Å². The van der Waals surface area contributed by atoms with E-state index in [2.05, 4.69) is 35.9 Å². The first kappa shape index (κ1) is 28.7. The van der Waals surface area contributed by atoms with Crippen molar-refractivity contribution in [1.82, 2.24) is 35.4 Å². The van der Waals surface area contributed by atoms with E-state index in [-0.39, 0.29) is 29.8 Å². The Morgan fingerprint density at radius 3 is 2.38 bits per heavy atom. The van der Waals surface area contributed by atoms with Gasteiger partial charge in [-0.25, -0.2) is 0 Å². The molecule has 1 saturated heterocycles. The molecule has 0 radical (unpaired) electrons. The number of ether oxygens (including phenoxy) is 1. The third kappa shape index (κ3) is 8.62. The molecule has 15 heteroatoms. The second-order valence-electron chi connectivity index (χ2n) is 9.17. The fourth-order valence-corrected chi connectivity index (χ4v) is 4.19. The minimum atomic E-state index is -4.72. The summed E-state index contributed by atoms with van der Waals surface area (Å²) in [6.45, 7) is 3.34. The average Bonchev–Trinajstić information content (AvgIpc) is 3.41. The van der Waals surface area contributed by atoms with Crippen LogP contribution in [0.1, 0.15) is 29.0 Å². The highest BCUT2D eigenvalue weighted by Crippen LogP contribution is 2.25. The number of nitrogens with zero attached hydrogens (tertiary/aromatic N) is 7. The average molecular weight is 562 g/mol. The first-order valence-corrected chi connectivity index (χ1v) is 12.8. The van der Waals surface area contributed by atoms with E-state index >= 15 is 0 Å². The van der Waals surface area contributed by atoms with E-state index < -0.39 is 6.36 Å². The number of aromatic nitrogens is 5. The van der Waals surface area contributed by atoms with Crippen LogP contribution in [-0.2, 0) is 17.8 Å².